The summed E-state index contributed by atoms with van der Waals surface area (Å²) in [7, 11) is 5.89. The average Bonchev–Trinajstić information content (AvgIpc) is 2.48. The maximum absolute atomic E-state index is 11.3. The van der Waals surface area contributed by atoms with Gasteiger partial charge in [0.1, 0.15) is 13.5 Å². The lowest BCUT2D eigenvalue weighted by molar-refractivity contribution is 1.24. The van der Waals surface area contributed by atoms with Gasteiger partial charge in [-0.1, -0.05) is 40.8 Å². The van der Waals surface area contributed by atoms with Crippen LogP contribution in [0.5, 0.6) is 0 Å². The van der Waals surface area contributed by atoms with Crippen LogP contribution in [-0.4, -0.2) is 22.4 Å². The molecule has 0 aliphatic rings. The first kappa shape index (κ1) is 14.4. The Bertz CT molecular complexity index is 879. The van der Waals surface area contributed by atoms with Gasteiger partial charge in [-0.15, -0.1) is 22.4 Å². The van der Waals surface area contributed by atoms with Gasteiger partial charge in [0.05, 0.1) is 0 Å². The summed E-state index contributed by atoms with van der Waals surface area (Å²) in [6.45, 7) is 2.08. The van der Waals surface area contributed by atoms with E-state index in [9.17, 15) is 4.79 Å². The Morgan fingerprint density at radius 1 is 1.24 bits per heavy atom. The molecule has 3 nitrogen and oxygen atoms in total. The Labute approximate surface area is 137 Å². The highest BCUT2D eigenvalue weighted by Gasteiger charge is 2.18. The number of pyridine rings is 2. The van der Waals surface area contributed by atoms with Crippen molar-refractivity contribution in [3.63, 3.8) is 0 Å². The van der Waals surface area contributed by atoms with Gasteiger partial charge in [0.15, 0.2) is 0 Å². The molecule has 2 aromatic heterocycles. The molecule has 0 spiro atoms. The van der Waals surface area contributed by atoms with E-state index in [-0.39, 0.29) is 10.1 Å². The van der Waals surface area contributed by atoms with E-state index in [2.05, 4.69) is 45.3 Å². The SMILES string of the molecule is [B]c1ccc(C)c(B(I)c2cnc3[nH]c(=O)ccc3c2)c1. The van der Waals surface area contributed by atoms with Crippen molar-refractivity contribution >= 4 is 62.2 Å². The zero-order valence-electron chi connectivity index (χ0n) is 11.4. The number of nitrogens with one attached hydrogen (secondary N) is 1. The predicted molar refractivity (Wildman–Crippen MR) is 98.0 cm³/mol. The molecule has 0 aliphatic carbocycles. The number of nitrogens with zero attached hydrogens (tertiary/aromatic N) is 1. The molecule has 21 heavy (non-hydrogen) atoms. The minimum absolute atomic E-state index is 0.138. The van der Waals surface area contributed by atoms with Gasteiger partial charge < -0.3 is 4.98 Å². The highest BCUT2D eigenvalue weighted by Crippen LogP contribution is 2.07. The molecule has 0 unspecified atom stereocenters. The molecule has 6 heteroatoms. The van der Waals surface area contributed by atoms with Crippen LogP contribution in [0.3, 0.4) is 0 Å². The molecule has 0 aliphatic heterocycles. The van der Waals surface area contributed by atoms with E-state index in [0.29, 0.717) is 5.65 Å². The molecule has 1 aromatic carbocycles. The Kier molecular flexibility index (Phi) is 3.89. The van der Waals surface area contributed by atoms with Crippen LogP contribution in [0.1, 0.15) is 5.56 Å². The molecule has 3 rings (SSSR count). The van der Waals surface area contributed by atoms with E-state index in [1.54, 1.807) is 12.3 Å². The number of halogens is 1. The lowest BCUT2D eigenvalue weighted by Gasteiger charge is -2.12. The fraction of sp³-hybridized carbons (Fsp3) is 0.0667. The molecule has 2 radical (unpaired) electrons. The second-order valence-electron chi connectivity index (χ2n) is 5.01. The number of H-pyrrole nitrogens is 1. The number of aromatic amines is 1. The van der Waals surface area contributed by atoms with Crippen LogP contribution in [0.25, 0.3) is 11.0 Å². The Morgan fingerprint density at radius 3 is 2.86 bits per heavy atom. The fourth-order valence-corrected chi connectivity index (χ4v) is 3.32. The zero-order chi connectivity index (χ0) is 15.0. The smallest absolute Gasteiger partial charge is 0.284 e. The Morgan fingerprint density at radius 2 is 2.05 bits per heavy atom. The standard InChI is InChI=1S/C15H11B2IN2O/c1-9-2-4-11(16)7-13(9)17(18)12-6-10-3-5-14(21)20-15(10)19-8-12/h2-8H,1H3,(H,19,20,21). The predicted octanol–water partition coefficient (Wildman–Crippen LogP) is 0.566. The molecule has 0 saturated carbocycles. The molecular weight excluding hydrogens is 373 g/mol. The summed E-state index contributed by atoms with van der Waals surface area (Å²) in [5, 5.41) is 0.926. The minimum Gasteiger partial charge on any atom is -0.307 e. The van der Waals surface area contributed by atoms with Crippen molar-refractivity contribution in [3.8, 4) is 0 Å². The maximum Gasteiger partial charge on any atom is 0.284 e. The van der Waals surface area contributed by atoms with Gasteiger partial charge in [-0.3, -0.25) is 4.79 Å². The molecule has 1 N–H and O–H groups in total. The molecule has 0 amide bonds. The third kappa shape index (κ3) is 2.90. The summed E-state index contributed by atoms with van der Waals surface area (Å²) >= 11 is 2.39. The summed E-state index contributed by atoms with van der Waals surface area (Å²) in [4.78, 5) is 18.4. The van der Waals surface area contributed by atoms with Crippen LogP contribution in [-0.2, 0) is 0 Å². The van der Waals surface area contributed by atoms with Gasteiger partial charge >= 0.3 is 0 Å². The number of hydrogen-bond donors (Lipinski definition) is 1. The Hall–Kier alpha value is -1.56. The van der Waals surface area contributed by atoms with Crippen molar-refractivity contribution in [3.05, 3.63) is 58.5 Å². The molecule has 0 bridgehead atoms. The van der Waals surface area contributed by atoms with Crippen LogP contribution in [0, 0.1) is 6.92 Å². The van der Waals surface area contributed by atoms with Gasteiger partial charge in [0.25, 0.3) is 4.57 Å². The molecular formula is C15H11B2IN2O. The van der Waals surface area contributed by atoms with Crippen LogP contribution in [0.15, 0.2) is 47.4 Å². The van der Waals surface area contributed by atoms with E-state index >= 15 is 0 Å². The van der Waals surface area contributed by atoms with Crippen LogP contribution in [0.2, 0.25) is 0 Å². The van der Waals surface area contributed by atoms with Crippen LogP contribution < -0.4 is 21.9 Å². The topological polar surface area (TPSA) is 45.8 Å². The average molecular weight is 384 g/mol. The summed E-state index contributed by atoms with van der Waals surface area (Å²) in [6.07, 6.45) is 1.80. The van der Waals surface area contributed by atoms with Crippen molar-refractivity contribution in [2.75, 3.05) is 0 Å². The summed E-state index contributed by atoms with van der Waals surface area (Å²) in [5.41, 5.74) is 4.70. The third-order valence-electron chi connectivity index (χ3n) is 3.46. The zero-order valence-corrected chi connectivity index (χ0v) is 13.6. The molecule has 100 valence electrons. The van der Waals surface area contributed by atoms with Crippen molar-refractivity contribution in [1.29, 1.82) is 0 Å². The highest BCUT2D eigenvalue weighted by atomic mass is 127. The first-order valence-corrected chi connectivity index (χ1v) is 7.78. The van der Waals surface area contributed by atoms with E-state index in [1.165, 1.54) is 17.1 Å². The minimum atomic E-state index is -0.138. The quantitative estimate of drug-likeness (QED) is 0.519. The summed E-state index contributed by atoms with van der Waals surface area (Å²) in [6, 6.07) is 11.3. The van der Waals surface area contributed by atoms with Crippen molar-refractivity contribution in [1.82, 2.24) is 9.97 Å². The molecule has 0 saturated heterocycles. The monoisotopic (exact) mass is 384 g/mol. The third-order valence-corrected chi connectivity index (χ3v) is 4.85. The van der Waals surface area contributed by atoms with Crippen molar-refractivity contribution in [2.24, 2.45) is 0 Å². The number of aromatic nitrogens is 2. The molecule has 3 aromatic rings. The molecule has 2 heterocycles. The Balaban J connectivity index is 2.09. The van der Waals surface area contributed by atoms with Gasteiger partial charge in [0, 0.05) is 17.6 Å². The summed E-state index contributed by atoms with van der Waals surface area (Å²) < 4.78 is 0.162. The second-order valence-corrected chi connectivity index (χ2v) is 6.25. The highest BCUT2D eigenvalue weighted by molar-refractivity contribution is 14.1. The lowest BCUT2D eigenvalue weighted by atomic mass is 9.61. The maximum atomic E-state index is 11.3. The van der Waals surface area contributed by atoms with E-state index in [4.69, 9.17) is 7.85 Å². The van der Waals surface area contributed by atoms with E-state index in [0.717, 1.165) is 16.3 Å². The van der Waals surface area contributed by atoms with Gasteiger partial charge in [0.2, 0.25) is 5.56 Å². The van der Waals surface area contributed by atoms with Crippen molar-refractivity contribution < 1.29 is 0 Å². The second kappa shape index (κ2) is 5.67. The van der Waals surface area contributed by atoms with Crippen molar-refractivity contribution in [2.45, 2.75) is 6.92 Å². The van der Waals surface area contributed by atoms with Gasteiger partial charge in [-0.25, -0.2) is 4.98 Å². The normalized spacial score (nSPS) is 10.8. The van der Waals surface area contributed by atoms with Gasteiger partial charge in [-0.2, -0.15) is 0 Å². The number of fused-ring (bicyclic) bond motifs is 1. The van der Waals surface area contributed by atoms with Crippen LogP contribution in [0.4, 0.5) is 0 Å². The van der Waals surface area contributed by atoms with E-state index < -0.39 is 0 Å². The summed E-state index contributed by atoms with van der Waals surface area (Å²) in [5.74, 6) is 0. The number of aryl methyl sites for hydroxylation is 1. The largest absolute Gasteiger partial charge is 0.307 e. The lowest BCUT2D eigenvalue weighted by Crippen LogP contribution is -2.40. The van der Waals surface area contributed by atoms with E-state index in [1.807, 2.05) is 18.2 Å². The first-order chi connectivity index (χ1) is 10.0. The number of hydrogen-bond acceptors (Lipinski definition) is 2. The van der Waals surface area contributed by atoms with Gasteiger partial charge in [-0.05, 0) is 18.5 Å². The first-order valence-electron chi connectivity index (χ1n) is 6.53. The number of rotatable bonds is 2. The fourth-order valence-electron chi connectivity index (χ4n) is 2.30. The van der Waals surface area contributed by atoms with Crippen LogP contribution >= 0.6 is 22.4 Å². The molecule has 0 fully saturated rings. The molecule has 0 atom stereocenters. The number of benzene rings is 1.